The summed E-state index contributed by atoms with van der Waals surface area (Å²) in [6.45, 7) is 5.68. The molecule has 0 fully saturated rings. The molecule has 5 heteroatoms. The number of nitrogens with zero attached hydrogens (tertiary/aromatic N) is 1. The topological polar surface area (TPSA) is 71.1 Å². The molecule has 2 rings (SSSR count). The van der Waals surface area contributed by atoms with Crippen molar-refractivity contribution >= 4 is 17.6 Å². The van der Waals surface area contributed by atoms with Crippen LogP contribution < -0.4 is 10.6 Å². The number of amides is 2. The summed E-state index contributed by atoms with van der Waals surface area (Å²) in [6, 6.07) is 9.19. The molecule has 1 aromatic carbocycles. The molecule has 0 spiro atoms. The van der Waals surface area contributed by atoms with E-state index in [1.165, 1.54) is 0 Å². The first kappa shape index (κ1) is 15.7. The average molecular weight is 297 g/mol. The number of hydrogen-bond acceptors (Lipinski definition) is 3. The van der Waals surface area contributed by atoms with Crippen molar-refractivity contribution < 1.29 is 9.59 Å². The fourth-order valence-electron chi connectivity index (χ4n) is 2.16. The van der Waals surface area contributed by atoms with Crippen molar-refractivity contribution in [2.75, 3.05) is 11.9 Å². The smallest absolute Gasteiger partial charge is 0.251 e. The van der Waals surface area contributed by atoms with Gasteiger partial charge >= 0.3 is 0 Å². The molecule has 114 valence electrons. The Bertz CT molecular complexity index is 691. The van der Waals surface area contributed by atoms with E-state index in [4.69, 9.17) is 0 Å². The molecule has 2 aromatic rings. The zero-order chi connectivity index (χ0) is 16.1. The predicted octanol–water partition coefficient (Wildman–Crippen LogP) is 2.38. The summed E-state index contributed by atoms with van der Waals surface area (Å²) in [7, 11) is 0. The van der Waals surface area contributed by atoms with Gasteiger partial charge in [0.1, 0.15) is 5.82 Å². The Morgan fingerprint density at radius 2 is 1.68 bits per heavy atom. The molecular weight excluding hydrogens is 278 g/mol. The molecule has 0 bridgehead atoms. The summed E-state index contributed by atoms with van der Waals surface area (Å²) in [5, 5.41) is 5.26. The largest absolute Gasteiger partial charge is 0.343 e. The van der Waals surface area contributed by atoms with E-state index in [9.17, 15) is 9.59 Å². The summed E-state index contributed by atoms with van der Waals surface area (Å²) in [4.78, 5) is 27.9. The highest BCUT2D eigenvalue weighted by Crippen LogP contribution is 2.09. The van der Waals surface area contributed by atoms with E-state index in [1.54, 1.807) is 24.4 Å². The summed E-state index contributed by atoms with van der Waals surface area (Å²) in [6.07, 6.45) is 1.62. The Hall–Kier alpha value is -2.69. The number of hydrogen-bond donors (Lipinski definition) is 2. The SMILES string of the molecule is Cc1cc(C)cc(C(=O)NCC(=O)Nc2cc(C)ccn2)c1. The third-order valence-corrected chi connectivity index (χ3v) is 3.08. The second-order valence-corrected chi connectivity index (χ2v) is 5.33. The van der Waals surface area contributed by atoms with E-state index in [0.29, 0.717) is 11.4 Å². The molecule has 2 amide bonds. The molecule has 0 aliphatic rings. The number of nitrogens with one attached hydrogen (secondary N) is 2. The summed E-state index contributed by atoms with van der Waals surface area (Å²) in [5.74, 6) is -0.0966. The van der Waals surface area contributed by atoms with Crippen molar-refractivity contribution in [3.63, 3.8) is 0 Å². The fourth-order valence-corrected chi connectivity index (χ4v) is 2.16. The standard InChI is InChI=1S/C17H19N3O2/c1-11-4-5-18-15(9-11)20-16(21)10-19-17(22)14-7-12(2)6-13(3)8-14/h4-9H,10H2,1-3H3,(H,19,22)(H,18,20,21). The van der Waals surface area contributed by atoms with Gasteiger partial charge in [-0.05, 0) is 50.6 Å². The van der Waals surface area contributed by atoms with Crippen LogP contribution in [0.3, 0.4) is 0 Å². The Labute approximate surface area is 129 Å². The molecule has 1 heterocycles. The normalized spacial score (nSPS) is 10.1. The lowest BCUT2D eigenvalue weighted by Crippen LogP contribution is -2.33. The van der Waals surface area contributed by atoms with Gasteiger partial charge in [0.25, 0.3) is 5.91 Å². The van der Waals surface area contributed by atoms with Gasteiger partial charge in [0, 0.05) is 11.8 Å². The van der Waals surface area contributed by atoms with E-state index >= 15 is 0 Å². The number of rotatable bonds is 4. The maximum absolute atomic E-state index is 12.1. The molecule has 1 aromatic heterocycles. The van der Waals surface area contributed by atoms with E-state index in [2.05, 4.69) is 15.6 Å². The minimum Gasteiger partial charge on any atom is -0.343 e. The Kier molecular flexibility index (Phi) is 4.88. The van der Waals surface area contributed by atoms with E-state index < -0.39 is 0 Å². The number of pyridine rings is 1. The van der Waals surface area contributed by atoms with Crippen molar-refractivity contribution in [3.05, 3.63) is 58.8 Å². The monoisotopic (exact) mass is 297 g/mol. The molecule has 22 heavy (non-hydrogen) atoms. The Balaban J connectivity index is 1.92. The molecular formula is C17H19N3O2. The van der Waals surface area contributed by atoms with Crippen LogP contribution in [0.15, 0.2) is 36.5 Å². The van der Waals surface area contributed by atoms with Crippen molar-refractivity contribution in [2.24, 2.45) is 0 Å². The van der Waals surface area contributed by atoms with Crippen LogP contribution in [-0.2, 0) is 4.79 Å². The van der Waals surface area contributed by atoms with Crippen LogP contribution >= 0.6 is 0 Å². The van der Waals surface area contributed by atoms with Crippen LogP contribution in [0.5, 0.6) is 0 Å². The minimum absolute atomic E-state index is 0.0958. The molecule has 5 nitrogen and oxygen atoms in total. The Morgan fingerprint density at radius 3 is 2.32 bits per heavy atom. The van der Waals surface area contributed by atoms with Gasteiger partial charge in [-0.15, -0.1) is 0 Å². The van der Waals surface area contributed by atoms with Gasteiger partial charge in [-0.2, -0.15) is 0 Å². The minimum atomic E-state index is -0.309. The first-order chi connectivity index (χ1) is 10.4. The molecule has 0 unspecified atom stereocenters. The van der Waals surface area contributed by atoms with Gasteiger partial charge in [0.2, 0.25) is 5.91 Å². The maximum Gasteiger partial charge on any atom is 0.251 e. The molecule has 0 radical (unpaired) electrons. The second kappa shape index (κ2) is 6.85. The molecule has 0 saturated carbocycles. The fraction of sp³-hybridized carbons (Fsp3) is 0.235. The van der Waals surface area contributed by atoms with Crippen molar-refractivity contribution in [1.29, 1.82) is 0 Å². The van der Waals surface area contributed by atoms with Crippen LogP contribution in [0.25, 0.3) is 0 Å². The van der Waals surface area contributed by atoms with Crippen LogP contribution in [0.2, 0.25) is 0 Å². The third-order valence-electron chi connectivity index (χ3n) is 3.08. The van der Waals surface area contributed by atoms with Gasteiger partial charge in [-0.25, -0.2) is 4.98 Å². The first-order valence-electron chi connectivity index (χ1n) is 7.03. The average Bonchev–Trinajstić information content (AvgIpc) is 2.43. The molecule has 0 aliphatic heterocycles. The maximum atomic E-state index is 12.1. The van der Waals surface area contributed by atoms with E-state index in [1.807, 2.05) is 32.9 Å². The molecule has 2 N–H and O–H groups in total. The lowest BCUT2D eigenvalue weighted by atomic mass is 10.1. The van der Waals surface area contributed by atoms with Crippen molar-refractivity contribution in [3.8, 4) is 0 Å². The van der Waals surface area contributed by atoms with Gasteiger partial charge in [-0.1, -0.05) is 17.2 Å². The van der Waals surface area contributed by atoms with Gasteiger partial charge in [0.15, 0.2) is 0 Å². The van der Waals surface area contributed by atoms with Crippen LogP contribution in [0, 0.1) is 20.8 Å². The number of carbonyl (C=O) groups excluding carboxylic acids is 2. The number of carbonyl (C=O) groups is 2. The lowest BCUT2D eigenvalue weighted by Gasteiger charge is -2.08. The van der Waals surface area contributed by atoms with Crippen LogP contribution in [-0.4, -0.2) is 23.3 Å². The van der Waals surface area contributed by atoms with E-state index in [0.717, 1.165) is 16.7 Å². The summed E-state index contributed by atoms with van der Waals surface area (Å²) >= 11 is 0. The number of aryl methyl sites for hydroxylation is 3. The van der Waals surface area contributed by atoms with Gasteiger partial charge in [-0.3, -0.25) is 9.59 Å². The Morgan fingerprint density at radius 1 is 1.00 bits per heavy atom. The predicted molar refractivity (Wildman–Crippen MR) is 85.9 cm³/mol. The highest BCUT2D eigenvalue weighted by molar-refractivity contribution is 5.99. The quantitative estimate of drug-likeness (QED) is 0.910. The third kappa shape index (κ3) is 4.41. The van der Waals surface area contributed by atoms with Gasteiger partial charge < -0.3 is 10.6 Å². The summed E-state index contributed by atoms with van der Waals surface area (Å²) < 4.78 is 0. The summed E-state index contributed by atoms with van der Waals surface area (Å²) in [5.41, 5.74) is 3.58. The van der Waals surface area contributed by atoms with Crippen molar-refractivity contribution in [2.45, 2.75) is 20.8 Å². The highest BCUT2D eigenvalue weighted by Gasteiger charge is 2.09. The lowest BCUT2D eigenvalue weighted by molar-refractivity contribution is -0.115. The molecule has 0 saturated heterocycles. The number of benzene rings is 1. The van der Waals surface area contributed by atoms with Crippen LogP contribution in [0.1, 0.15) is 27.0 Å². The molecule has 0 aliphatic carbocycles. The van der Waals surface area contributed by atoms with Crippen molar-refractivity contribution in [1.82, 2.24) is 10.3 Å². The molecule has 0 atom stereocenters. The zero-order valence-electron chi connectivity index (χ0n) is 12.9. The zero-order valence-corrected chi connectivity index (χ0v) is 12.9. The highest BCUT2D eigenvalue weighted by atomic mass is 16.2. The van der Waals surface area contributed by atoms with Gasteiger partial charge in [0.05, 0.1) is 6.54 Å². The first-order valence-corrected chi connectivity index (χ1v) is 7.03. The van der Waals surface area contributed by atoms with E-state index in [-0.39, 0.29) is 18.4 Å². The number of anilines is 1. The number of aromatic nitrogens is 1. The van der Waals surface area contributed by atoms with Crippen LogP contribution in [0.4, 0.5) is 5.82 Å². The second-order valence-electron chi connectivity index (χ2n) is 5.33.